The number of halogens is 1. The Morgan fingerprint density at radius 3 is 2.75 bits per heavy atom. The van der Waals surface area contributed by atoms with Gasteiger partial charge in [-0.2, -0.15) is 0 Å². The highest BCUT2D eigenvalue weighted by Gasteiger charge is 2.25. The molecule has 0 saturated heterocycles. The van der Waals surface area contributed by atoms with Gasteiger partial charge in [0, 0.05) is 22.8 Å². The lowest BCUT2D eigenvalue weighted by Crippen LogP contribution is -2.02. The first kappa shape index (κ1) is 13.5. The van der Waals surface area contributed by atoms with Crippen LogP contribution in [0.4, 0.5) is 5.69 Å². The molecule has 2 aromatic carbocycles. The zero-order valence-corrected chi connectivity index (χ0v) is 13.1. The maximum absolute atomic E-state index is 5.29. The molecule has 2 nitrogen and oxygen atoms in total. The summed E-state index contributed by atoms with van der Waals surface area (Å²) in [6, 6.07) is 14.8. The number of hydrogen-bond donors (Lipinski definition) is 1. The van der Waals surface area contributed by atoms with Crippen LogP contribution in [0.1, 0.15) is 29.9 Å². The average Bonchev–Trinajstić information content (AvgIpc) is 3.29. The summed E-state index contributed by atoms with van der Waals surface area (Å²) in [7, 11) is 1.69. The van der Waals surface area contributed by atoms with Crippen LogP contribution < -0.4 is 10.1 Å². The van der Waals surface area contributed by atoms with E-state index in [1.807, 2.05) is 12.1 Å². The first-order chi connectivity index (χ1) is 9.76. The molecule has 1 aliphatic carbocycles. The Labute approximate surface area is 128 Å². The van der Waals surface area contributed by atoms with Crippen LogP contribution in [0.2, 0.25) is 0 Å². The van der Waals surface area contributed by atoms with Gasteiger partial charge in [0.2, 0.25) is 0 Å². The summed E-state index contributed by atoms with van der Waals surface area (Å²) in [6.45, 7) is 0.853. The second kappa shape index (κ2) is 5.88. The van der Waals surface area contributed by atoms with Gasteiger partial charge in [-0.3, -0.25) is 0 Å². The van der Waals surface area contributed by atoms with Crippen molar-refractivity contribution in [3.63, 3.8) is 0 Å². The van der Waals surface area contributed by atoms with Crippen molar-refractivity contribution in [2.24, 2.45) is 0 Å². The fourth-order valence-electron chi connectivity index (χ4n) is 2.47. The van der Waals surface area contributed by atoms with E-state index in [2.05, 4.69) is 51.6 Å². The second-order valence-corrected chi connectivity index (χ2v) is 6.12. The number of hydrogen-bond acceptors (Lipinski definition) is 2. The van der Waals surface area contributed by atoms with Gasteiger partial charge in [0.1, 0.15) is 5.75 Å². The maximum atomic E-state index is 5.29. The molecule has 1 aliphatic rings. The molecule has 3 heteroatoms. The fourth-order valence-corrected chi connectivity index (χ4v) is 2.94. The van der Waals surface area contributed by atoms with Crippen LogP contribution in [-0.4, -0.2) is 7.11 Å². The molecule has 0 heterocycles. The minimum absolute atomic E-state index is 0.782. The first-order valence-electron chi connectivity index (χ1n) is 6.92. The molecule has 1 fully saturated rings. The molecular weight excluding hydrogens is 314 g/mol. The van der Waals surface area contributed by atoms with E-state index in [0.717, 1.165) is 28.4 Å². The highest BCUT2D eigenvalue weighted by atomic mass is 79.9. The molecule has 3 rings (SSSR count). The molecule has 0 aromatic heterocycles. The lowest BCUT2D eigenvalue weighted by Gasteiger charge is -2.12. The van der Waals surface area contributed by atoms with Crippen molar-refractivity contribution in [1.82, 2.24) is 0 Å². The zero-order chi connectivity index (χ0) is 13.9. The molecule has 0 atom stereocenters. The summed E-state index contributed by atoms with van der Waals surface area (Å²) in [6.07, 6.45) is 2.67. The largest absolute Gasteiger partial charge is 0.497 e. The number of methoxy groups -OCH3 is 1. The maximum Gasteiger partial charge on any atom is 0.122 e. The van der Waals surface area contributed by atoms with Gasteiger partial charge in [0.05, 0.1) is 7.11 Å². The zero-order valence-electron chi connectivity index (χ0n) is 11.5. The number of rotatable bonds is 5. The second-order valence-electron chi connectivity index (χ2n) is 5.21. The van der Waals surface area contributed by atoms with Gasteiger partial charge in [-0.25, -0.2) is 0 Å². The van der Waals surface area contributed by atoms with Crippen LogP contribution >= 0.6 is 15.9 Å². The van der Waals surface area contributed by atoms with Crippen molar-refractivity contribution in [1.29, 1.82) is 0 Å². The minimum atomic E-state index is 0.782. The fraction of sp³-hybridized carbons (Fsp3) is 0.294. The van der Waals surface area contributed by atoms with Crippen LogP contribution in [0.25, 0.3) is 0 Å². The molecule has 20 heavy (non-hydrogen) atoms. The van der Waals surface area contributed by atoms with Crippen molar-refractivity contribution < 1.29 is 4.74 Å². The number of ether oxygens (including phenoxy) is 1. The van der Waals surface area contributed by atoms with Gasteiger partial charge < -0.3 is 10.1 Å². The molecule has 0 spiro atoms. The quantitative estimate of drug-likeness (QED) is 0.837. The van der Waals surface area contributed by atoms with Gasteiger partial charge in [0.15, 0.2) is 0 Å². The number of anilines is 1. The summed E-state index contributed by atoms with van der Waals surface area (Å²) in [4.78, 5) is 0. The first-order valence-corrected chi connectivity index (χ1v) is 7.72. The Morgan fingerprint density at radius 2 is 2.00 bits per heavy atom. The number of benzene rings is 2. The third-order valence-corrected chi connectivity index (χ3v) is 4.12. The Kier molecular flexibility index (Phi) is 3.97. The van der Waals surface area contributed by atoms with Crippen LogP contribution in [0.5, 0.6) is 5.75 Å². The molecule has 0 unspecified atom stereocenters. The smallest absolute Gasteiger partial charge is 0.122 e. The third-order valence-electron chi connectivity index (χ3n) is 3.66. The van der Waals surface area contributed by atoms with E-state index in [-0.39, 0.29) is 0 Å². The molecular formula is C17H18BrNO. The van der Waals surface area contributed by atoms with E-state index in [9.17, 15) is 0 Å². The summed E-state index contributed by atoms with van der Waals surface area (Å²) >= 11 is 3.51. The van der Waals surface area contributed by atoms with Crippen LogP contribution in [-0.2, 0) is 6.54 Å². The predicted octanol–water partition coefficient (Wildman–Crippen LogP) is 4.95. The van der Waals surface area contributed by atoms with Crippen LogP contribution in [0.15, 0.2) is 46.9 Å². The van der Waals surface area contributed by atoms with Gasteiger partial charge in [-0.1, -0.05) is 40.2 Å². The van der Waals surface area contributed by atoms with E-state index in [1.54, 1.807) is 7.11 Å². The molecule has 0 bridgehead atoms. The lowest BCUT2D eigenvalue weighted by molar-refractivity contribution is 0.414. The van der Waals surface area contributed by atoms with Crippen LogP contribution in [0, 0.1) is 0 Å². The SMILES string of the molecule is COc1cc(Br)cc(NCc2ccccc2C2CC2)c1. The summed E-state index contributed by atoms with van der Waals surface area (Å²) in [5.74, 6) is 1.64. The predicted molar refractivity (Wildman–Crippen MR) is 86.4 cm³/mol. The van der Waals surface area contributed by atoms with E-state index in [4.69, 9.17) is 4.74 Å². The highest BCUT2D eigenvalue weighted by Crippen LogP contribution is 2.41. The van der Waals surface area contributed by atoms with Crippen LogP contribution in [0.3, 0.4) is 0 Å². The molecule has 0 aliphatic heterocycles. The Balaban J connectivity index is 1.75. The standard InChI is InChI=1S/C17H18BrNO/c1-20-16-9-14(18)8-15(10-16)19-11-13-4-2-3-5-17(13)12-6-7-12/h2-5,8-10,12,19H,6-7,11H2,1H3. The van der Waals surface area contributed by atoms with Crippen molar-refractivity contribution in [3.8, 4) is 5.75 Å². The molecule has 1 N–H and O–H groups in total. The van der Waals surface area contributed by atoms with Crippen molar-refractivity contribution in [2.75, 3.05) is 12.4 Å². The van der Waals surface area contributed by atoms with Crippen molar-refractivity contribution in [3.05, 3.63) is 58.1 Å². The summed E-state index contributed by atoms with van der Waals surface area (Å²) < 4.78 is 6.31. The Hall–Kier alpha value is -1.48. The molecule has 104 valence electrons. The lowest BCUT2D eigenvalue weighted by atomic mass is 10.0. The topological polar surface area (TPSA) is 21.3 Å². The van der Waals surface area contributed by atoms with E-state index >= 15 is 0 Å². The summed E-state index contributed by atoms with van der Waals surface area (Å²) in [5, 5.41) is 3.49. The molecule has 0 amide bonds. The van der Waals surface area contributed by atoms with Crippen molar-refractivity contribution in [2.45, 2.75) is 25.3 Å². The van der Waals surface area contributed by atoms with Gasteiger partial charge in [-0.15, -0.1) is 0 Å². The summed E-state index contributed by atoms with van der Waals surface area (Å²) in [5.41, 5.74) is 3.97. The Bertz CT molecular complexity index is 608. The van der Waals surface area contributed by atoms with E-state index in [0.29, 0.717) is 0 Å². The van der Waals surface area contributed by atoms with Gasteiger partial charge >= 0.3 is 0 Å². The minimum Gasteiger partial charge on any atom is -0.497 e. The van der Waals surface area contributed by atoms with Crippen molar-refractivity contribution >= 4 is 21.6 Å². The average molecular weight is 332 g/mol. The molecule has 1 saturated carbocycles. The van der Waals surface area contributed by atoms with E-state index in [1.165, 1.54) is 24.0 Å². The monoisotopic (exact) mass is 331 g/mol. The van der Waals surface area contributed by atoms with Gasteiger partial charge in [-0.05, 0) is 42.0 Å². The normalized spacial score (nSPS) is 14.1. The third kappa shape index (κ3) is 3.15. The van der Waals surface area contributed by atoms with E-state index < -0.39 is 0 Å². The Morgan fingerprint density at radius 1 is 1.20 bits per heavy atom. The molecule has 0 radical (unpaired) electrons. The van der Waals surface area contributed by atoms with Gasteiger partial charge in [0.25, 0.3) is 0 Å². The highest BCUT2D eigenvalue weighted by molar-refractivity contribution is 9.10. The molecule has 2 aromatic rings. The number of nitrogens with one attached hydrogen (secondary N) is 1.